The summed E-state index contributed by atoms with van der Waals surface area (Å²) in [6.45, 7) is 2.97. The van der Waals surface area contributed by atoms with E-state index in [0.29, 0.717) is 5.41 Å². The Bertz CT molecular complexity index is 498. The van der Waals surface area contributed by atoms with E-state index in [1.807, 2.05) is 12.1 Å². The third kappa shape index (κ3) is 2.20. The van der Waals surface area contributed by atoms with Crippen molar-refractivity contribution >= 4 is 17.2 Å². The Hall–Kier alpha value is -0.830. The lowest BCUT2D eigenvalue weighted by molar-refractivity contribution is -0.0503. The van der Waals surface area contributed by atoms with E-state index in [4.69, 9.17) is 0 Å². The first-order valence-corrected chi connectivity index (χ1v) is 8.78. The summed E-state index contributed by atoms with van der Waals surface area (Å²) < 4.78 is 0. The molecule has 3 heteroatoms. The average Bonchev–Trinajstić information content (AvgIpc) is 2.81. The maximum atomic E-state index is 12.3. The van der Waals surface area contributed by atoms with Gasteiger partial charge in [0.25, 0.3) is 5.91 Å². The summed E-state index contributed by atoms with van der Waals surface area (Å²) in [6.07, 6.45) is 8.50. The highest BCUT2D eigenvalue weighted by Crippen LogP contribution is 2.59. The Morgan fingerprint density at radius 3 is 2.30 bits per heavy atom. The quantitative estimate of drug-likeness (QED) is 0.895. The van der Waals surface area contributed by atoms with Gasteiger partial charge in [0.05, 0.1) is 4.88 Å². The van der Waals surface area contributed by atoms with Gasteiger partial charge in [0.15, 0.2) is 0 Å². The molecule has 0 aliphatic heterocycles. The van der Waals surface area contributed by atoms with Crippen LogP contribution in [-0.2, 0) is 0 Å². The smallest absolute Gasteiger partial charge is 0.261 e. The molecule has 1 aromatic heterocycles. The van der Waals surface area contributed by atoms with Crippen molar-refractivity contribution in [3.05, 3.63) is 21.9 Å². The van der Waals surface area contributed by atoms with Crippen molar-refractivity contribution in [2.24, 2.45) is 23.2 Å². The summed E-state index contributed by atoms with van der Waals surface area (Å²) in [6, 6.07) is 3.99. The molecule has 1 heterocycles. The van der Waals surface area contributed by atoms with Crippen molar-refractivity contribution in [1.82, 2.24) is 5.32 Å². The van der Waals surface area contributed by atoms with Gasteiger partial charge in [-0.2, -0.15) is 0 Å². The molecule has 20 heavy (non-hydrogen) atoms. The molecule has 0 atom stereocenters. The number of aryl methyl sites for hydroxylation is 1. The van der Waals surface area contributed by atoms with E-state index < -0.39 is 0 Å². The van der Waals surface area contributed by atoms with E-state index in [1.54, 1.807) is 11.3 Å². The first-order valence-electron chi connectivity index (χ1n) is 7.97. The molecule has 1 amide bonds. The normalized spacial score (nSPS) is 38.1. The fourth-order valence-electron chi connectivity index (χ4n) is 5.42. The van der Waals surface area contributed by atoms with Gasteiger partial charge in [-0.05, 0) is 80.8 Å². The number of hydrogen-bond donors (Lipinski definition) is 1. The van der Waals surface area contributed by atoms with Crippen molar-refractivity contribution in [3.8, 4) is 0 Å². The van der Waals surface area contributed by atoms with Crippen molar-refractivity contribution in [3.63, 3.8) is 0 Å². The molecule has 4 bridgehead atoms. The van der Waals surface area contributed by atoms with E-state index in [9.17, 15) is 4.79 Å². The predicted octanol–water partition coefficient (Wildman–Crippen LogP) is 4.00. The minimum absolute atomic E-state index is 0.138. The second-order valence-electron chi connectivity index (χ2n) is 7.51. The predicted molar refractivity (Wildman–Crippen MR) is 82.0 cm³/mol. The number of nitrogens with one attached hydrogen (secondary N) is 1. The first-order chi connectivity index (χ1) is 9.62. The van der Waals surface area contributed by atoms with Gasteiger partial charge in [0, 0.05) is 11.4 Å². The molecule has 4 saturated carbocycles. The van der Waals surface area contributed by atoms with Crippen LogP contribution in [0.15, 0.2) is 12.1 Å². The molecule has 0 unspecified atom stereocenters. The molecule has 108 valence electrons. The lowest BCUT2D eigenvalue weighted by Crippen LogP contribution is -2.51. The van der Waals surface area contributed by atoms with Crippen LogP contribution in [-0.4, -0.2) is 12.5 Å². The van der Waals surface area contributed by atoms with Gasteiger partial charge < -0.3 is 5.32 Å². The first kappa shape index (κ1) is 12.9. The number of hydrogen-bond acceptors (Lipinski definition) is 2. The Kier molecular flexibility index (Phi) is 2.95. The van der Waals surface area contributed by atoms with Crippen LogP contribution in [0, 0.1) is 30.1 Å². The molecule has 5 rings (SSSR count). The van der Waals surface area contributed by atoms with E-state index in [0.717, 1.165) is 29.2 Å². The Morgan fingerprint density at radius 2 is 1.80 bits per heavy atom. The second kappa shape index (κ2) is 4.59. The van der Waals surface area contributed by atoms with Gasteiger partial charge in [-0.1, -0.05) is 0 Å². The molecule has 0 radical (unpaired) electrons. The number of carbonyl (C=O) groups excluding carboxylic acids is 1. The van der Waals surface area contributed by atoms with Crippen molar-refractivity contribution in [2.75, 3.05) is 6.54 Å². The molecular weight excluding hydrogens is 266 g/mol. The van der Waals surface area contributed by atoms with Crippen LogP contribution in [0.25, 0.3) is 0 Å². The topological polar surface area (TPSA) is 29.1 Å². The molecule has 4 fully saturated rings. The van der Waals surface area contributed by atoms with E-state index in [-0.39, 0.29) is 5.91 Å². The van der Waals surface area contributed by atoms with Crippen LogP contribution < -0.4 is 5.32 Å². The molecule has 0 spiro atoms. The zero-order valence-corrected chi connectivity index (χ0v) is 13.0. The molecular formula is C17H23NOS. The fourth-order valence-corrected chi connectivity index (χ4v) is 6.20. The number of amides is 1. The van der Waals surface area contributed by atoms with Crippen LogP contribution in [0.2, 0.25) is 0 Å². The molecule has 1 aromatic rings. The Balaban J connectivity index is 1.43. The van der Waals surface area contributed by atoms with Crippen LogP contribution in [0.5, 0.6) is 0 Å². The summed E-state index contributed by atoms with van der Waals surface area (Å²) in [5.41, 5.74) is 0.441. The van der Waals surface area contributed by atoms with Crippen molar-refractivity contribution in [2.45, 2.75) is 45.4 Å². The van der Waals surface area contributed by atoms with E-state index in [2.05, 4.69) is 12.2 Å². The van der Waals surface area contributed by atoms with Crippen molar-refractivity contribution < 1.29 is 4.79 Å². The largest absolute Gasteiger partial charge is 0.351 e. The third-order valence-electron chi connectivity index (χ3n) is 5.75. The van der Waals surface area contributed by atoms with E-state index in [1.165, 1.54) is 43.4 Å². The molecule has 2 nitrogen and oxygen atoms in total. The zero-order valence-electron chi connectivity index (χ0n) is 12.2. The lowest BCUT2D eigenvalue weighted by Gasteiger charge is -2.56. The average molecular weight is 289 g/mol. The molecule has 0 saturated heterocycles. The minimum atomic E-state index is 0.138. The van der Waals surface area contributed by atoms with Gasteiger partial charge >= 0.3 is 0 Å². The maximum absolute atomic E-state index is 12.3. The summed E-state index contributed by atoms with van der Waals surface area (Å²) in [5, 5.41) is 3.24. The standard InChI is InChI=1S/C17H23NOS/c1-11-2-3-15(20-11)16(19)18-10-17-7-12-4-13(8-17)6-14(5-12)9-17/h2-3,12-14H,4-10H2,1H3,(H,18,19). The highest BCUT2D eigenvalue weighted by Gasteiger charge is 2.50. The van der Waals surface area contributed by atoms with Crippen LogP contribution >= 0.6 is 11.3 Å². The number of carbonyl (C=O) groups is 1. The zero-order chi connectivity index (χ0) is 13.7. The molecule has 4 aliphatic rings. The lowest BCUT2D eigenvalue weighted by atomic mass is 9.49. The fraction of sp³-hybridized carbons (Fsp3) is 0.706. The number of thiophene rings is 1. The second-order valence-corrected chi connectivity index (χ2v) is 8.80. The molecule has 1 N–H and O–H groups in total. The van der Waals surface area contributed by atoms with Gasteiger partial charge in [0.2, 0.25) is 0 Å². The van der Waals surface area contributed by atoms with Gasteiger partial charge in [-0.15, -0.1) is 11.3 Å². The van der Waals surface area contributed by atoms with Crippen LogP contribution in [0.4, 0.5) is 0 Å². The highest BCUT2D eigenvalue weighted by molar-refractivity contribution is 7.13. The van der Waals surface area contributed by atoms with Crippen LogP contribution in [0.1, 0.15) is 53.1 Å². The van der Waals surface area contributed by atoms with Gasteiger partial charge in [0.1, 0.15) is 0 Å². The number of rotatable bonds is 3. The Labute approximate surface area is 125 Å². The van der Waals surface area contributed by atoms with Crippen LogP contribution in [0.3, 0.4) is 0 Å². The highest BCUT2D eigenvalue weighted by atomic mass is 32.1. The SMILES string of the molecule is Cc1ccc(C(=O)NCC23CC4CC(CC(C4)C2)C3)s1. The maximum Gasteiger partial charge on any atom is 0.261 e. The summed E-state index contributed by atoms with van der Waals surface area (Å²) >= 11 is 1.60. The summed E-state index contributed by atoms with van der Waals surface area (Å²) in [4.78, 5) is 14.3. The third-order valence-corrected chi connectivity index (χ3v) is 6.75. The minimum Gasteiger partial charge on any atom is -0.351 e. The summed E-state index contributed by atoms with van der Waals surface area (Å²) in [5.74, 6) is 3.02. The van der Waals surface area contributed by atoms with Crippen molar-refractivity contribution in [1.29, 1.82) is 0 Å². The van der Waals surface area contributed by atoms with Gasteiger partial charge in [-0.3, -0.25) is 4.79 Å². The summed E-state index contributed by atoms with van der Waals surface area (Å²) in [7, 11) is 0. The molecule has 0 aromatic carbocycles. The van der Waals surface area contributed by atoms with E-state index >= 15 is 0 Å². The Morgan fingerprint density at radius 1 is 1.20 bits per heavy atom. The van der Waals surface area contributed by atoms with Gasteiger partial charge in [-0.25, -0.2) is 0 Å². The molecule has 4 aliphatic carbocycles. The monoisotopic (exact) mass is 289 g/mol.